The van der Waals surface area contributed by atoms with Crippen molar-refractivity contribution in [2.45, 2.75) is 31.7 Å². The molecule has 0 saturated carbocycles. The monoisotopic (exact) mass is 364 g/mol. The van der Waals surface area contributed by atoms with Gasteiger partial charge in [-0.2, -0.15) is 0 Å². The molecule has 0 nitrogen and oxygen atoms in total. The maximum atomic E-state index is 15.5. The second-order valence-electron chi connectivity index (χ2n) is 6.76. The first-order valence-electron chi connectivity index (χ1n) is 9.06. The minimum absolute atomic E-state index is 0.194. The lowest BCUT2D eigenvalue weighted by Gasteiger charge is -2.22. The van der Waals surface area contributed by atoms with Crippen LogP contribution in [0.3, 0.4) is 0 Å². The third-order valence-electron chi connectivity index (χ3n) is 4.53. The van der Waals surface area contributed by atoms with Gasteiger partial charge in [-0.15, -0.1) is 11.8 Å². The van der Waals surface area contributed by atoms with Crippen molar-refractivity contribution in [2.24, 2.45) is 0 Å². The summed E-state index contributed by atoms with van der Waals surface area (Å²) in [6.07, 6.45) is -0.0635. The number of hydrogen-bond acceptors (Lipinski definition) is 1. The summed E-state index contributed by atoms with van der Waals surface area (Å²) in [5, 5.41) is -0.194. The van der Waals surface area contributed by atoms with Crippen LogP contribution in [0.25, 0.3) is 0 Å². The first-order chi connectivity index (χ1) is 12.6. The Balaban J connectivity index is 1.79. The summed E-state index contributed by atoms with van der Waals surface area (Å²) in [5.74, 6) is 0.898. The second kappa shape index (κ2) is 9.05. The molecular formula is C24H25FS. The van der Waals surface area contributed by atoms with Gasteiger partial charge in [-0.1, -0.05) is 90.0 Å². The van der Waals surface area contributed by atoms with Gasteiger partial charge in [0.05, 0.1) is 5.25 Å². The van der Waals surface area contributed by atoms with Gasteiger partial charge in [0.15, 0.2) is 0 Å². The summed E-state index contributed by atoms with van der Waals surface area (Å²) >= 11 is 1.71. The van der Waals surface area contributed by atoms with Crippen LogP contribution in [0.15, 0.2) is 78.9 Å². The zero-order chi connectivity index (χ0) is 18.4. The molecule has 0 aliphatic rings. The van der Waals surface area contributed by atoms with E-state index in [1.807, 2.05) is 43.3 Å². The van der Waals surface area contributed by atoms with E-state index in [1.54, 1.807) is 11.8 Å². The molecule has 0 aromatic heterocycles. The van der Waals surface area contributed by atoms with Crippen LogP contribution in [0.4, 0.5) is 4.39 Å². The molecule has 0 aliphatic heterocycles. The third-order valence-corrected chi connectivity index (χ3v) is 5.84. The van der Waals surface area contributed by atoms with Crippen molar-refractivity contribution in [3.05, 3.63) is 107 Å². The molecule has 0 amide bonds. The van der Waals surface area contributed by atoms with E-state index in [0.717, 1.165) is 28.9 Å². The molecule has 0 radical (unpaired) electrons. The molecule has 2 atom stereocenters. The molecule has 0 fully saturated rings. The van der Waals surface area contributed by atoms with Gasteiger partial charge < -0.3 is 0 Å². The molecule has 2 heteroatoms. The highest BCUT2D eigenvalue weighted by atomic mass is 32.2. The van der Waals surface area contributed by atoms with Gasteiger partial charge >= 0.3 is 0 Å². The number of benzene rings is 3. The number of hydrogen-bond donors (Lipinski definition) is 0. The van der Waals surface area contributed by atoms with Crippen LogP contribution in [0.1, 0.15) is 39.2 Å². The fourth-order valence-corrected chi connectivity index (χ4v) is 4.43. The third kappa shape index (κ3) is 4.98. The first-order valence-corrected chi connectivity index (χ1v) is 10.1. The molecule has 3 aromatic rings. The Morgan fingerprint density at radius 2 is 1.38 bits per heavy atom. The van der Waals surface area contributed by atoms with Crippen LogP contribution < -0.4 is 0 Å². The fourth-order valence-electron chi connectivity index (χ4n) is 3.16. The Morgan fingerprint density at radius 1 is 0.769 bits per heavy atom. The molecule has 3 rings (SSSR count). The standard InChI is InChI=1S/C24H25FS/c1-18-8-6-12-21(16-18)23(25)24(22-13-7-9-19(2)17-22)26-15-14-20-10-4-3-5-11-20/h3-13,16-17,23-24H,14-15H2,1-2H3/t23-,24-/m0/s1. The summed E-state index contributed by atoms with van der Waals surface area (Å²) in [6.45, 7) is 4.08. The lowest BCUT2D eigenvalue weighted by Crippen LogP contribution is -2.06. The second-order valence-corrected chi connectivity index (χ2v) is 8.01. The Morgan fingerprint density at radius 3 is 2.04 bits per heavy atom. The lowest BCUT2D eigenvalue weighted by molar-refractivity contribution is 0.336. The van der Waals surface area contributed by atoms with Crippen LogP contribution in [-0.4, -0.2) is 5.75 Å². The fraction of sp³-hybridized carbons (Fsp3) is 0.250. The number of halogens is 1. The Kier molecular flexibility index (Phi) is 6.51. The molecule has 3 aromatic carbocycles. The van der Waals surface area contributed by atoms with Gasteiger partial charge in [0.25, 0.3) is 0 Å². The van der Waals surface area contributed by atoms with Crippen molar-refractivity contribution in [1.82, 2.24) is 0 Å². The zero-order valence-electron chi connectivity index (χ0n) is 15.4. The van der Waals surface area contributed by atoms with Crippen molar-refractivity contribution in [1.29, 1.82) is 0 Å². The number of thioether (sulfide) groups is 1. The molecule has 0 N–H and O–H groups in total. The SMILES string of the molecule is Cc1cccc([C@H](F)[C@@H](SCCc2ccccc2)c2cccc(C)c2)c1. The topological polar surface area (TPSA) is 0 Å². The summed E-state index contributed by atoms with van der Waals surface area (Å²) in [7, 11) is 0. The van der Waals surface area contributed by atoms with Crippen molar-refractivity contribution < 1.29 is 4.39 Å². The quantitative estimate of drug-likeness (QED) is 0.433. The number of rotatable bonds is 7. The van der Waals surface area contributed by atoms with Gasteiger partial charge in [0.1, 0.15) is 6.17 Å². The van der Waals surface area contributed by atoms with E-state index in [-0.39, 0.29) is 5.25 Å². The molecule has 0 bridgehead atoms. The molecule has 0 saturated heterocycles. The first kappa shape index (κ1) is 18.7. The van der Waals surface area contributed by atoms with Crippen LogP contribution in [0.5, 0.6) is 0 Å². The van der Waals surface area contributed by atoms with Gasteiger partial charge in [-0.3, -0.25) is 0 Å². The van der Waals surface area contributed by atoms with Gasteiger partial charge in [-0.25, -0.2) is 4.39 Å². The molecule has 0 aliphatic carbocycles. The molecule has 0 spiro atoms. The van der Waals surface area contributed by atoms with Gasteiger partial charge in [-0.05, 0) is 42.7 Å². The van der Waals surface area contributed by atoms with E-state index in [4.69, 9.17) is 0 Å². The largest absolute Gasteiger partial charge is 0.241 e. The van der Waals surface area contributed by atoms with Crippen molar-refractivity contribution in [3.63, 3.8) is 0 Å². The van der Waals surface area contributed by atoms with Crippen LogP contribution >= 0.6 is 11.8 Å². The maximum Gasteiger partial charge on any atom is 0.141 e. The smallest absolute Gasteiger partial charge is 0.141 e. The predicted molar refractivity (Wildman–Crippen MR) is 112 cm³/mol. The molecule has 26 heavy (non-hydrogen) atoms. The van der Waals surface area contributed by atoms with Crippen molar-refractivity contribution in [3.8, 4) is 0 Å². The van der Waals surface area contributed by atoms with Gasteiger partial charge in [0, 0.05) is 0 Å². The zero-order valence-corrected chi connectivity index (χ0v) is 16.2. The normalized spacial score (nSPS) is 13.3. The van der Waals surface area contributed by atoms with E-state index >= 15 is 4.39 Å². The number of alkyl halides is 1. The number of aryl methyl sites for hydroxylation is 3. The van der Waals surface area contributed by atoms with Crippen molar-refractivity contribution in [2.75, 3.05) is 5.75 Å². The van der Waals surface area contributed by atoms with Crippen LogP contribution in [-0.2, 0) is 6.42 Å². The Bertz CT molecular complexity index is 828. The highest BCUT2D eigenvalue weighted by Gasteiger charge is 2.25. The Hall–Kier alpha value is -2.06. The average Bonchev–Trinajstić information content (AvgIpc) is 2.65. The Labute approximate surface area is 160 Å². The summed E-state index contributed by atoms with van der Waals surface area (Å²) in [6, 6.07) is 26.5. The molecule has 134 valence electrons. The van der Waals surface area contributed by atoms with E-state index in [0.29, 0.717) is 0 Å². The van der Waals surface area contributed by atoms with E-state index in [9.17, 15) is 0 Å². The average molecular weight is 365 g/mol. The summed E-state index contributed by atoms with van der Waals surface area (Å²) < 4.78 is 15.5. The van der Waals surface area contributed by atoms with Gasteiger partial charge in [0.2, 0.25) is 0 Å². The summed E-state index contributed by atoms with van der Waals surface area (Å²) in [4.78, 5) is 0. The minimum atomic E-state index is -1.02. The predicted octanol–water partition coefficient (Wildman–Crippen LogP) is 7.03. The van der Waals surface area contributed by atoms with E-state index < -0.39 is 6.17 Å². The molecular weight excluding hydrogens is 339 g/mol. The van der Waals surface area contributed by atoms with Crippen LogP contribution in [0, 0.1) is 13.8 Å². The molecule has 0 unspecified atom stereocenters. The summed E-state index contributed by atoms with van der Waals surface area (Å²) in [5.41, 5.74) is 5.41. The minimum Gasteiger partial charge on any atom is -0.241 e. The van der Waals surface area contributed by atoms with E-state index in [2.05, 4.69) is 49.4 Å². The lowest BCUT2D eigenvalue weighted by atomic mass is 9.99. The van der Waals surface area contributed by atoms with Crippen molar-refractivity contribution >= 4 is 11.8 Å². The van der Waals surface area contributed by atoms with E-state index in [1.165, 1.54) is 11.1 Å². The molecule has 0 heterocycles. The maximum absolute atomic E-state index is 15.5. The van der Waals surface area contributed by atoms with Crippen LogP contribution in [0.2, 0.25) is 0 Å². The highest BCUT2D eigenvalue weighted by Crippen LogP contribution is 2.43. The highest BCUT2D eigenvalue weighted by molar-refractivity contribution is 7.99.